The summed E-state index contributed by atoms with van der Waals surface area (Å²) < 4.78 is 5.05. The molecule has 0 saturated carbocycles. The van der Waals surface area contributed by atoms with E-state index in [0.717, 1.165) is 0 Å². The molecule has 0 saturated heterocycles. The van der Waals surface area contributed by atoms with Crippen LogP contribution >= 0.6 is 15.9 Å². The fourth-order valence-electron chi connectivity index (χ4n) is 1.54. The third-order valence-electron chi connectivity index (χ3n) is 2.38. The van der Waals surface area contributed by atoms with Crippen LogP contribution < -0.4 is 0 Å². The van der Waals surface area contributed by atoms with Crippen LogP contribution in [0.5, 0.6) is 0 Å². The topological polar surface area (TPSA) is 98.1 Å². The van der Waals surface area contributed by atoms with Gasteiger partial charge in [-0.3, -0.25) is 10.1 Å². The highest BCUT2D eigenvalue weighted by Crippen LogP contribution is 2.29. The largest absolute Gasteiger partial charge is 0.464 e. The molecule has 7 nitrogen and oxygen atoms in total. The first kappa shape index (κ1) is 13.2. The number of hydrogen-bond donors (Lipinski definition) is 1. The predicted octanol–water partition coefficient (Wildman–Crippen LogP) is 2.53. The highest BCUT2D eigenvalue weighted by atomic mass is 79.9. The second-order valence-electron chi connectivity index (χ2n) is 3.56. The van der Waals surface area contributed by atoms with Gasteiger partial charge < -0.3 is 9.72 Å². The number of H-pyrrole nitrogens is 1. The first-order chi connectivity index (χ1) is 9.02. The van der Waals surface area contributed by atoms with Gasteiger partial charge in [-0.2, -0.15) is 0 Å². The van der Waals surface area contributed by atoms with E-state index >= 15 is 0 Å². The summed E-state index contributed by atoms with van der Waals surface area (Å²) in [4.78, 5) is 28.5. The molecule has 0 bridgehead atoms. The van der Waals surface area contributed by atoms with Crippen molar-refractivity contribution in [2.45, 2.75) is 0 Å². The molecule has 8 heteroatoms. The molecule has 2 heterocycles. The maximum Gasteiger partial charge on any atom is 0.354 e. The Balaban J connectivity index is 2.50. The van der Waals surface area contributed by atoms with Crippen LogP contribution in [0.4, 0.5) is 5.69 Å². The molecule has 19 heavy (non-hydrogen) atoms. The fraction of sp³-hybridized carbons (Fsp3) is 0.0909. The summed E-state index contributed by atoms with van der Waals surface area (Å²) in [6.45, 7) is 0. The lowest BCUT2D eigenvalue weighted by atomic mass is 10.2. The predicted molar refractivity (Wildman–Crippen MR) is 69.7 cm³/mol. The second kappa shape index (κ2) is 5.19. The van der Waals surface area contributed by atoms with E-state index in [4.69, 9.17) is 0 Å². The van der Waals surface area contributed by atoms with Gasteiger partial charge in [-0.25, -0.2) is 9.78 Å². The molecule has 0 amide bonds. The number of esters is 1. The molecule has 0 fully saturated rings. The molecule has 2 aromatic rings. The van der Waals surface area contributed by atoms with E-state index < -0.39 is 10.9 Å². The Morgan fingerprint density at radius 1 is 1.53 bits per heavy atom. The van der Waals surface area contributed by atoms with Crippen LogP contribution in [0, 0.1) is 10.1 Å². The van der Waals surface area contributed by atoms with Gasteiger partial charge >= 0.3 is 5.97 Å². The molecular formula is C11H8BrN3O4. The number of carbonyl (C=O) groups is 1. The van der Waals surface area contributed by atoms with Gasteiger partial charge in [-0.15, -0.1) is 0 Å². The summed E-state index contributed by atoms with van der Waals surface area (Å²) in [6, 6.07) is 4.37. The molecule has 0 aliphatic carbocycles. The minimum Gasteiger partial charge on any atom is -0.464 e. The summed E-state index contributed by atoms with van der Waals surface area (Å²) in [5.74, 6) is -0.550. The molecule has 1 N–H and O–H groups in total. The average Bonchev–Trinajstić information content (AvgIpc) is 2.87. The highest BCUT2D eigenvalue weighted by Gasteiger charge is 2.20. The van der Waals surface area contributed by atoms with Crippen LogP contribution in [0.15, 0.2) is 28.9 Å². The number of halogens is 1. The zero-order valence-corrected chi connectivity index (χ0v) is 11.3. The number of pyridine rings is 1. The molecule has 0 aliphatic rings. The van der Waals surface area contributed by atoms with Crippen molar-refractivity contribution in [2.24, 2.45) is 0 Å². The third kappa shape index (κ3) is 2.63. The maximum atomic E-state index is 11.3. The zero-order chi connectivity index (χ0) is 14.0. The van der Waals surface area contributed by atoms with Gasteiger partial charge in [0.15, 0.2) is 5.69 Å². The number of aromatic amines is 1. The lowest BCUT2D eigenvalue weighted by Gasteiger charge is -2.00. The van der Waals surface area contributed by atoms with E-state index in [1.54, 1.807) is 0 Å². The normalized spacial score (nSPS) is 10.2. The van der Waals surface area contributed by atoms with Crippen LogP contribution in [0.3, 0.4) is 0 Å². The zero-order valence-electron chi connectivity index (χ0n) is 9.71. The van der Waals surface area contributed by atoms with Gasteiger partial charge in [0, 0.05) is 16.7 Å². The van der Waals surface area contributed by atoms with E-state index in [1.807, 2.05) is 0 Å². The van der Waals surface area contributed by atoms with Gasteiger partial charge in [0.05, 0.1) is 17.7 Å². The molecule has 2 aromatic heterocycles. The van der Waals surface area contributed by atoms with Crippen molar-refractivity contribution >= 4 is 27.6 Å². The van der Waals surface area contributed by atoms with Gasteiger partial charge in [0.1, 0.15) is 5.69 Å². The summed E-state index contributed by atoms with van der Waals surface area (Å²) in [5.41, 5.74) is 0.576. The number of ether oxygens (including phenoxy) is 1. The van der Waals surface area contributed by atoms with Crippen molar-refractivity contribution < 1.29 is 14.5 Å². The average molecular weight is 326 g/mol. The van der Waals surface area contributed by atoms with Crippen LogP contribution in [-0.4, -0.2) is 28.0 Å². The number of methoxy groups -OCH3 is 1. The van der Waals surface area contributed by atoms with Crippen molar-refractivity contribution in [2.75, 3.05) is 7.11 Å². The molecule has 0 spiro atoms. The first-order valence-electron chi connectivity index (χ1n) is 5.10. The Kier molecular flexibility index (Phi) is 3.61. The summed E-state index contributed by atoms with van der Waals surface area (Å²) in [7, 11) is 1.25. The quantitative estimate of drug-likeness (QED) is 0.531. The number of hydrogen-bond acceptors (Lipinski definition) is 5. The minimum absolute atomic E-state index is 0.156. The number of nitro groups is 1. The van der Waals surface area contributed by atoms with Crippen molar-refractivity contribution in [1.29, 1.82) is 0 Å². The highest BCUT2D eigenvalue weighted by molar-refractivity contribution is 9.10. The van der Waals surface area contributed by atoms with Crippen LogP contribution in [0.1, 0.15) is 10.5 Å². The molecule has 2 rings (SSSR count). The Morgan fingerprint density at radius 3 is 2.89 bits per heavy atom. The number of nitrogens with zero attached hydrogens (tertiary/aromatic N) is 2. The maximum absolute atomic E-state index is 11.3. The van der Waals surface area contributed by atoms with Gasteiger partial charge in [-0.1, -0.05) is 0 Å². The number of carbonyl (C=O) groups excluding carboxylic acids is 1. The summed E-state index contributed by atoms with van der Waals surface area (Å²) in [6.07, 6.45) is 1.45. The molecule has 98 valence electrons. The Morgan fingerprint density at radius 2 is 2.26 bits per heavy atom. The van der Waals surface area contributed by atoms with E-state index in [9.17, 15) is 14.9 Å². The smallest absolute Gasteiger partial charge is 0.354 e. The van der Waals surface area contributed by atoms with Gasteiger partial charge in [-0.05, 0) is 28.1 Å². The number of rotatable bonds is 3. The van der Waals surface area contributed by atoms with E-state index in [2.05, 4.69) is 30.6 Å². The monoisotopic (exact) mass is 325 g/mol. The van der Waals surface area contributed by atoms with Crippen molar-refractivity contribution in [3.05, 3.63) is 44.7 Å². The SMILES string of the molecule is COC(=O)c1ccc(-c2ncc(Br)cc2[N+](=O)[O-])[nH]1. The number of nitrogens with one attached hydrogen (secondary N) is 1. The Hall–Kier alpha value is -2.22. The summed E-state index contributed by atoms with van der Waals surface area (Å²) >= 11 is 3.13. The fourth-order valence-corrected chi connectivity index (χ4v) is 1.86. The van der Waals surface area contributed by atoms with E-state index in [1.165, 1.54) is 31.5 Å². The standard InChI is InChI=1S/C11H8BrN3O4/c1-19-11(16)8-3-2-7(14-8)10-9(15(17)18)4-6(12)5-13-10/h2-5,14H,1H3. The van der Waals surface area contributed by atoms with E-state index in [0.29, 0.717) is 10.2 Å². The molecule has 0 radical (unpaired) electrons. The summed E-state index contributed by atoms with van der Waals surface area (Å²) in [5, 5.41) is 11.0. The molecule has 0 aromatic carbocycles. The van der Waals surface area contributed by atoms with Gasteiger partial charge in [0.2, 0.25) is 0 Å². The van der Waals surface area contributed by atoms with Crippen LogP contribution in [-0.2, 0) is 4.74 Å². The van der Waals surface area contributed by atoms with Crippen molar-refractivity contribution in [3.8, 4) is 11.4 Å². The van der Waals surface area contributed by atoms with Crippen LogP contribution in [0.25, 0.3) is 11.4 Å². The van der Waals surface area contributed by atoms with Gasteiger partial charge in [0.25, 0.3) is 5.69 Å². The molecular weight excluding hydrogens is 318 g/mol. The number of aromatic nitrogens is 2. The van der Waals surface area contributed by atoms with Crippen molar-refractivity contribution in [1.82, 2.24) is 9.97 Å². The molecule has 0 aliphatic heterocycles. The third-order valence-corrected chi connectivity index (χ3v) is 2.81. The molecule has 0 unspecified atom stereocenters. The lowest BCUT2D eigenvalue weighted by molar-refractivity contribution is -0.384. The van der Waals surface area contributed by atoms with Crippen molar-refractivity contribution in [3.63, 3.8) is 0 Å². The Bertz CT molecular complexity index is 653. The second-order valence-corrected chi connectivity index (χ2v) is 4.47. The van der Waals surface area contributed by atoms with Crippen LogP contribution in [0.2, 0.25) is 0 Å². The lowest BCUT2D eigenvalue weighted by Crippen LogP contribution is -2.01. The Labute approximate surface area is 115 Å². The minimum atomic E-state index is -0.550. The first-order valence-corrected chi connectivity index (χ1v) is 5.90. The van der Waals surface area contributed by atoms with E-state index in [-0.39, 0.29) is 17.1 Å². The molecule has 0 atom stereocenters.